The molecule has 108 valence electrons. The molecule has 2 nitrogen and oxygen atoms in total. The lowest BCUT2D eigenvalue weighted by Gasteiger charge is -2.21. The van der Waals surface area contributed by atoms with Gasteiger partial charge in [-0.1, -0.05) is 33.8 Å². The third-order valence-electron chi connectivity index (χ3n) is 4.39. The van der Waals surface area contributed by atoms with Crippen LogP contribution in [0.2, 0.25) is 0 Å². The van der Waals surface area contributed by atoms with Crippen molar-refractivity contribution in [2.75, 3.05) is 11.5 Å². The molecular formula is C18H26N2. The maximum absolute atomic E-state index is 6.47. The second-order valence-corrected chi connectivity index (χ2v) is 5.33. The first kappa shape index (κ1) is 14.7. The van der Waals surface area contributed by atoms with E-state index in [2.05, 4.69) is 33.8 Å². The van der Waals surface area contributed by atoms with E-state index in [0.29, 0.717) is 0 Å². The summed E-state index contributed by atoms with van der Waals surface area (Å²) in [6.07, 6.45) is 4.04. The van der Waals surface area contributed by atoms with Gasteiger partial charge in [0.25, 0.3) is 0 Å². The lowest BCUT2D eigenvalue weighted by molar-refractivity contribution is 0.992. The third-order valence-corrected chi connectivity index (χ3v) is 4.39. The first-order valence-electron chi connectivity index (χ1n) is 7.73. The minimum atomic E-state index is 0.807. The smallest absolute Gasteiger partial charge is 0.0450 e. The predicted octanol–water partition coefficient (Wildman–Crippen LogP) is 4.25. The average molecular weight is 270 g/mol. The summed E-state index contributed by atoms with van der Waals surface area (Å²) in [6.45, 7) is 8.82. The molecule has 2 rings (SSSR count). The summed E-state index contributed by atoms with van der Waals surface area (Å²) in [6, 6.07) is 4.16. The van der Waals surface area contributed by atoms with Crippen molar-refractivity contribution >= 4 is 22.1 Å². The molecule has 0 saturated carbocycles. The minimum absolute atomic E-state index is 0.807. The molecule has 4 N–H and O–H groups in total. The molecular weight excluding hydrogens is 244 g/mol. The number of rotatable bonds is 4. The van der Waals surface area contributed by atoms with Crippen LogP contribution in [0.3, 0.4) is 0 Å². The van der Waals surface area contributed by atoms with Gasteiger partial charge in [-0.3, -0.25) is 0 Å². The van der Waals surface area contributed by atoms with Crippen LogP contribution in [-0.2, 0) is 25.7 Å². The van der Waals surface area contributed by atoms with Gasteiger partial charge in [0.1, 0.15) is 0 Å². The van der Waals surface area contributed by atoms with Crippen molar-refractivity contribution in [1.29, 1.82) is 0 Å². The van der Waals surface area contributed by atoms with Crippen LogP contribution >= 0.6 is 0 Å². The summed E-state index contributed by atoms with van der Waals surface area (Å²) < 4.78 is 0. The van der Waals surface area contributed by atoms with Crippen LogP contribution in [0.1, 0.15) is 49.9 Å². The van der Waals surface area contributed by atoms with Crippen LogP contribution in [-0.4, -0.2) is 0 Å². The highest BCUT2D eigenvalue weighted by atomic mass is 14.6. The topological polar surface area (TPSA) is 52.0 Å². The summed E-state index contributed by atoms with van der Waals surface area (Å²) in [5.74, 6) is 0. The predicted molar refractivity (Wildman–Crippen MR) is 90.3 cm³/mol. The van der Waals surface area contributed by atoms with Crippen molar-refractivity contribution in [2.45, 2.75) is 53.4 Å². The first-order chi connectivity index (χ1) is 9.60. The molecule has 0 aliphatic rings. The zero-order valence-corrected chi connectivity index (χ0v) is 13.1. The van der Waals surface area contributed by atoms with E-state index in [-0.39, 0.29) is 0 Å². The Hall–Kier alpha value is -1.70. The Bertz CT molecular complexity index is 642. The summed E-state index contributed by atoms with van der Waals surface area (Å²) in [5.41, 5.74) is 19.9. The Labute approximate surface area is 122 Å². The van der Waals surface area contributed by atoms with E-state index < -0.39 is 0 Å². The Morgan fingerprint density at radius 2 is 1.30 bits per heavy atom. The Morgan fingerprint density at radius 1 is 0.700 bits per heavy atom. The number of fused-ring (bicyclic) bond motifs is 1. The molecule has 0 saturated heterocycles. The molecule has 0 amide bonds. The summed E-state index contributed by atoms with van der Waals surface area (Å²) >= 11 is 0. The van der Waals surface area contributed by atoms with Gasteiger partial charge in [0.05, 0.1) is 0 Å². The number of nitrogens with two attached hydrogens (primary N) is 2. The number of aryl methyl sites for hydroxylation is 2. The Balaban J connectivity index is 3.07. The molecule has 0 radical (unpaired) electrons. The number of hydrogen-bond donors (Lipinski definition) is 2. The van der Waals surface area contributed by atoms with Gasteiger partial charge in [0.15, 0.2) is 0 Å². The van der Waals surface area contributed by atoms with Crippen LogP contribution < -0.4 is 11.5 Å². The number of anilines is 2. The fourth-order valence-electron chi connectivity index (χ4n) is 3.46. The number of nitrogen functional groups attached to an aromatic ring is 2. The van der Waals surface area contributed by atoms with Gasteiger partial charge in [0, 0.05) is 16.8 Å². The zero-order chi connectivity index (χ0) is 14.9. The van der Waals surface area contributed by atoms with Gasteiger partial charge in [-0.2, -0.15) is 0 Å². The molecule has 2 aromatic rings. The second kappa shape index (κ2) is 5.74. The highest BCUT2D eigenvalue weighted by Crippen LogP contribution is 2.39. The highest BCUT2D eigenvalue weighted by molar-refractivity contribution is 6.07. The Morgan fingerprint density at radius 3 is 1.80 bits per heavy atom. The molecule has 0 aliphatic carbocycles. The molecule has 0 bridgehead atoms. The van der Waals surface area contributed by atoms with Crippen molar-refractivity contribution in [1.82, 2.24) is 0 Å². The maximum atomic E-state index is 6.47. The van der Waals surface area contributed by atoms with E-state index >= 15 is 0 Å². The van der Waals surface area contributed by atoms with E-state index in [4.69, 9.17) is 11.5 Å². The van der Waals surface area contributed by atoms with Crippen LogP contribution in [0.5, 0.6) is 0 Å². The zero-order valence-electron chi connectivity index (χ0n) is 13.1. The lowest BCUT2D eigenvalue weighted by atomic mass is 9.85. The number of hydrogen-bond acceptors (Lipinski definition) is 2. The van der Waals surface area contributed by atoms with Gasteiger partial charge in [0.2, 0.25) is 0 Å². The van der Waals surface area contributed by atoms with Gasteiger partial charge >= 0.3 is 0 Å². The molecule has 0 spiro atoms. The van der Waals surface area contributed by atoms with Gasteiger partial charge in [-0.05, 0) is 59.4 Å². The summed E-state index contributed by atoms with van der Waals surface area (Å²) in [5, 5.41) is 2.39. The fraction of sp³-hybridized carbons (Fsp3) is 0.444. The van der Waals surface area contributed by atoms with Gasteiger partial charge in [-0.25, -0.2) is 0 Å². The van der Waals surface area contributed by atoms with E-state index in [9.17, 15) is 0 Å². The fourth-order valence-corrected chi connectivity index (χ4v) is 3.46. The van der Waals surface area contributed by atoms with Crippen molar-refractivity contribution < 1.29 is 0 Å². The molecule has 0 aliphatic heterocycles. The van der Waals surface area contributed by atoms with Gasteiger partial charge in [-0.15, -0.1) is 0 Å². The van der Waals surface area contributed by atoms with Crippen LogP contribution in [0.25, 0.3) is 10.8 Å². The third kappa shape index (κ3) is 2.04. The first-order valence-corrected chi connectivity index (χ1v) is 7.73. The normalized spacial score (nSPS) is 11.2. The minimum Gasteiger partial charge on any atom is -0.398 e. The van der Waals surface area contributed by atoms with Crippen LogP contribution in [0, 0.1) is 0 Å². The summed E-state index contributed by atoms with van der Waals surface area (Å²) in [4.78, 5) is 0. The van der Waals surface area contributed by atoms with Crippen LogP contribution in [0.4, 0.5) is 11.4 Å². The molecule has 0 heterocycles. The molecule has 0 fully saturated rings. The SMILES string of the molecule is CCc1c(CC)c(CC)c2c(CC)ccc(N)c2c1N. The van der Waals surface area contributed by atoms with E-state index in [1.54, 1.807) is 0 Å². The standard InChI is InChI=1S/C18H26N2/c1-5-11-9-10-15(19)17-16(11)13(7-3)12(6-2)14(8-4)18(17)20/h9-10H,5-8,19-20H2,1-4H3. The summed E-state index contributed by atoms with van der Waals surface area (Å²) in [7, 11) is 0. The molecule has 0 aromatic heterocycles. The average Bonchev–Trinajstić information content (AvgIpc) is 2.46. The van der Waals surface area contributed by atoms with Crippen molar-refractivity contribution in [3.8, 4) is 0 Å². The molecule has 0 atom stereocenters. The van der Waals surface area contributed by atoms with E-state index in [1.807, 2.05) is 6.07 Å². The second-order valence-electron chi connectivity index (χ2n) is 5.33. The molecule has 2 heteroatoms. The number of benzene rings is 2. The lowest BCUT2D eigenvalue weighted by Crippen LogP contribution is -2.07. The van der Waals surface area contributed by atoms with Crippen molar-refractivity contribution in [3.63, 3.8) is 0 Å². The maximum Gasteiger partial charge on any atom is 0.0450 e. The monoisotopic (exact) mass is 270 g/mol. The van der Waals surface area contributed by atoms with E-state index in [0.717, 1.165) is 42.4 Å². The highest BCUT2D eigenvalue weighted by Gasteiger charge is 2.18. The molecule has 20 heavy (non-hydrogen) atoms. The van der Waals surface area contributed by atoms with Crippen LogP contribution in [0.15, 0.2) is 12.1 Å². The van der Waals surface area contributed by atoms with Crippen molar-refractivity contribution in [3.05, 3.63) is 34.4 Å². The van der Waals surface area contributed by atoms with E-state index in [1.165, 1.54) is 27.6 Å². The Kier molecular flexibility index (Phi) is 4.22. The molecule has 0 unspecified atom stereocenters. The largest absolute Gasteiger partial charge is 0.398 e. The molecule has 2 aromatic carbocycles. The quantitative estimate of drug-likeness (QED) is 0.816. The van der Waals surface area contributed by atoms with Crippen molar-refractivity contribution in [2.24, 2.45) is 0 Å². The van der Waals surface area contributed by atoms with Gasteiger partial charge < -0.3 is 11.5 Å².